The number of nitrogens with one attached hydrogen (secondary N) is 2. The van der Waals surface area contributed by atoms with Gasteiger partial charge in [0, 0.05) is 19.6 Å². The Morgan fingerprint density at radius 3 is 2.87 bits per heavy atom. The van der Waals surface area contributed by atoms with E-state index in [1.165, 1.54) is 16.7 Å². The molecule has 1 aromatic rings. The van der Waals surface area contributed by atoms with Crippen LogP contribution in [0.4, 0.5) is 0 Å². The minimum Gasteiger partial charge on any atom is -0.312 e. The van der Waals surface area contributed by atoms with Gasteiger partial charge in [-0.05, 0) is 29.2 Å². The van der Waals surface area contributed by atoms with Gasteiger partial charge in [0.2, 0.25) is 0 Å². The van der Waals surface area contributed by atoms with Crippen LogP contribution in [0.15, 0.2) is 18.2 Å². The molecule has 0 spiro atoms. The molecule has 1 aliphatic heterocycles. The van der Waals surface area contributed by atoms with E-state index < -0.39 is 0 Å². The minimum atomic E-state index is 0.723. The van der Waals surface area contributed by atoms with E-state index in [4.69, 9.17) is 0 Å². The second-order valence-electron chi connectivity index (χ2n) is 4.73. The summed E-state index contributed by atoms with van der Waals surface area (Å²) < 4.78 is 0. The normalized spacial score (nSPS) is 14.6. The molecule has 0 unspecified atom stereocenters. The summed E-state index contributed by atoms with van der Waals surface area (Å²) in [6.45, 7) is 8.63. The number of hydrogen-bond donors (Lipinski definition) is 2. The first-order chi connectivity index (χ1) is 7.25. The predicted octanol–water partition coefficient (Wildman–Crippen LogP) is 2.04. The Balaban J connectivity index is 1.92. The van der Waals surface area contributed by atoms with Gasteiger partial charge in [0.15, 0.2) is 0 Å². The zero-order chi connectivity index (χ0) is 10.7. The Morgan fingerprint density at radius 2 is 2.07 bits per heavy atom. The molecule has 1 heterocycles. The van der Waals surface area contributed by atoms with Crippen LogP contribution in [0.1, 0.15) is 30.5 Å². The Hall–Kier alpha value is -0.860. The number of benzene rings is 1. The maximum Gasteiger partial charge on any atom is 0.0212 e. The molecular formula is C13H20N2. The van der Waals surface area contributed by atoms with Crippen LogP contribution >= 0.6 is 0 Å². The Morgan fingerprint density at radius 1 is 1.27 bits per heavy atom. The van der Waals surface area contributed by atoms with E-state index in [1.807, 2.05) is 0 Å². The first kappa shape index (κ1) is 10.7. The summed E-state index contributed by atoms with van der Waals surface area (Å²) in [7, 11) is 0. The fraction of sp³-hybridized carbons (Fsp3) is 0.538. The molecule has 2 heteroatoms. The zero-order valence-corrected chi connectivity index (χ0v) is 9.64. The van der Waals surface area contributed by atoms with Crippen molar-refractivity contribution in [2.24, 2.45) is 5.92 Å². The molecule has 0 amide bonds. The van der Waals surface area contributed by atoms with Crippen molar-refractivity contribution in [3.63, 3.8) is 0 Å². The second kappa shape index (κ2) is 4.77. The third kappa shape index (κ3) is 2.80. The Labute approximate surface area is 92.1 Å². The molecule has 0 bridgehead atoms. The molecule has 0 saturated heterocycles. The van der Waals surface area contributed by atoms with Crippen LogP contribution in [0.3, 0.4) is 0 Å². The summed E-state index contributed by atoms with van der Waals surface area (Å²) in [4.78, 5) is 0. The summed E-state index contributed by atoms with van der Waals surface area (Å²) >= 11 is 0. The van der Waals surface area contributed by atoms with E-state index in [0.29, 0.717) is 0 Å². The number of fused-ring (bicyclic) bond motifs is 1. The summed E-state index contributed by atoms with van der Waals surface area (Å²) in [5.74, 6) is 0.723. The topological polar surface area (TPSA) is 24.1 Å². The van der Waals surface area contributed by atoms with Crippen LogP contribution in [0, 0.1) is 5.92 Å². The van der Waals surface area contributed by atoms with E-state index in [-0.39, 0.29) is 0 Å². The summed E-state index contributed by atoms with van der Waals surface area (Å²) in [6.07, 6.45) is 0. The standard InChI is InChI=1S/C13H20N2/c1-10(2)6-14-7-11-3-4-12-8-15-9-13(12)5-11/h3-5,10,14-15H,6-9H2,1-2H3. The molecule has 1 aromatic carbocycles. The van der Waals surface area contributed by atoms with Gasteiger partial charge in [-0.3, -0.25) is 0 Å². The van der Waals surface area contributed by atoms with E-state index in [9.17, 15) is 0 Å². The van der Waals surface area contributed by atoms with E-state index in [0.717, 1.165) is 32.1 Å². The van der Waals surface area contributed by atoms with E-state index >= 15 is 0 Å². The largest absolute Gasteiger partial charge is 0.312 e. The fourth-order valence-electron chi connectivity index (χ4n) is 1.96. The molecule has 2 rings (SSSR count). The molecule has 2 nitrogen and oxygen atoms in total. The third-order valence-electron chi connectivity index (χ3n) is 2.78. The van der Waals surface area contributed by atoms with Crippen molar-refractivity contribution in [2.75, 3.05) is 6.54 Å². The number of rotatable bonds is 4. The summed E-state index contributed by atoms with van der Waals surface area (Å²) in [5.41, 5.74) is 4.33. The van der Waals surface area contributed by atoms with Gasteiger partial charge in [0.05, 0.1) is 0 Å². The molecule has 2 N–H and O–H groups in total. The highest BCUT2D eigenvalue weighted by molar-refractivity contribution is 5.34. The summed E-state index contributed by atoms with van der Waals surface area (Å²) in [6, 6.07) is 6.81. The summed E-state index contributed by atoms with van der Waals surface area (Å²) in [5, 5.41) is 6.84. The molecule has 0 aliphatic carbocycles. The smallest absolute Gasteiger partial charge is 0.0212 e. The van der Waals surface area contributed by atoms with Gasteiger partial charge < -0.3 is 10.6 Å². The predicted molar refractivity (Wildman–Crippen MR) is 63.5 cm³/mol. The van der Waals surface area contributed by atoms with Gasteiger partial charge in [0.1, 0.15) is 0 Å². The zero-order valence-electron chi connectivity index (χ0n) is 9.64. The average Bonchev–Trinajstić information content (AvgIpc) is 2.64. The van der Waals surface area contributed by atoms with Crippen molar-refractivity contribution >= 4 is 0 Å². The maximum absolute atomic E-state index is 3.47. The van der Waals surface area contributed by atoms with Gasteiger partial charge in [0.25, 0.3) is 0 Å². The monoisotopic (exact) mass is 204 g/mol. The van der Waals surface area contributed by atoms with E-state index in [1.54, 1.807) is 0 Å². The SMILES string of the molecule is CC(C)CNCc1ccc2c(c1)CNC2. The first-order valence-corrected chi connectivity index (χ1v) is 5.78. The first-order valence-electron chi connectivity index (χ1n) is 5.78. The highest BCUT2D eigenvalue weighted by atomic mass is 14.9. The van der Waals surface area contributed by atoms with Crippen molar-refractivity contribution in [3.05, 3.63) is 34.9 Å². The Bertz CT molecular complexity index is 331. The second-order valence-corrected chi connectivity index (χ2v) is 4.73. The fourth-order valence-corrected chi connectivity index (χ4v) is 1.96. The minimum absolute atomic E-state index is 0.723. The molecular weight excluding hydrogens is 184 g/mol. The van der Waals surface area contributed by atoms with Gasteiger partial charge in [-0.15, -0.1) is 0 Å². The van der Waals surface area contributed by atoms with E-state index in [2.05, 4.69) is 42.7 Å². The lowest BCUT2D eigenvalue weighted by atomic mass is 10.1. The van der Waals surface area contributed by atoms with Crippen LogP contribution in [-0.4, -0.2) is 6.54 Å². The van der Waals surface area contributed by atoms with Crippen LogP contribution in [0.25, 0.3) is 0 Å². The van der Waals surface area contributed by atoms with Gasteiger partial charge in [-0.1, -0.05) is 32.0 Å². The van der Waals surface area contributed by atoms with Crippen molar-refractivity contribution in [2.45, 2.75) is 33.5 Å². The van der Waals surface area contributed by atoms with Crippen LogP contribution in [0.2, 0.25) is 0 Å². The molecule has 15 heavy (non-hydrogen) atoms. The van der Waals surface area contributed by atoms with Crippen molar-refractivity contribution in [1.82, 2.24) is 10.6 Å². The van der Waals surface area contributed by atoms with Crippen molar-refractivity contribution in [3.8, 4) is 0 Å². The van der Waals surface area contributed by atoms with Crippen molar-refractivity contribution in [1.29, 1.82) is 0 Å². The molecule has 0 saturated carbocycles. The number of hydrogen-bond acceptors (Lipinski definition) is 2. The quantitative estimate of drug-likeness (QED) is 0.784. The molecule has 0 radical (unpaired) electrons. The molecule has 82 valence electrons. The lowest BCUT2D eigenvalue weighted by Crippen LogP contribution is -2.19. The molecule has 0 fully saturated rings. The van der Waals surface area contributed by atoms with Crippen LogP contribution in [0.5, 0.6) is 0 Å². The van der Waals surface area contributed by atoms with Crippen molar-refractivity contribution < 1.29 is 0 Å². The third-order valence-corrected chi connectivity index (χ3v) is 2.78. The van der Waals surface area contributed by atoms with Crippen LogP contribution in [-0.2, 0) is 19.6 Å². The van der Waals surface area contributed by atoms with Crippen LogP contribution < -0.4 is 10.6 Å². The molecule has 0 atom stereocenters. The average molecular weight is 204 g/mol. The highest BCUT2D eigenvalue weighted by Gasteiger charge is 2.09. The Kier molecular flexibility index (Phi) is 3.39. The lowest BCUT2D eigenvalue weighted by molar-refractivity contribution is 0.552. The molecule has 1 aliphatic rings. The maximum atomic E-state index is 3.47. The van der Waals surface area contributed by atoms with Gasteiger partial charge >= 0.3 is 0 Å². The highest BCUT2D eigenvalue weighted by Crippen LogP contribution is 2.16. The molecule has 0 aromatic heterocycles. The lowest BCUT2D eigenvalue weighted by Gasteiger charge is -2.08. The van der Waals surface area contributed by atoms with Gasteiger partial charge in [-0.25, -0.2) is 0 Å². The van der Waals surface area contributed by atoms with Gasteiger partial charge in [-0.2, -0.15) is 0 Å².